The van der Waals surface area contributed by atoms with E-state index in [1.807, 2.05) is 0 Å². The molecule has 0 fully saturated rings. The van der Waals surface area contributed by atoms with Crippen molar-refractivity contribution >= 4 is 75.8 Å². The van der Waals surface area contributed by atoms with E-state index in [1.54, 1.807) is 0 Å². The first-order valence-corrected chi connectivity index (χ1v) is 5.01. The summed E-state index contributed by atoms with van der Waals surface area (Å²) in [4.78, 5) is 10.7. The van der Waals surface area contributed by atoms with Crippen LogP contribution in [0.25, 0.3) is 0 Å². The molecule has 0 rings (SSSR count). The maximum Gasteiger partial charge on any atom is 0.514 e. The van der Waals surface area contributed by atoms with Crippen molar-refractivity contribution in [1.82, 2.24) is 0 Å². The molecule has 0 N–H and O–H groups in total. The van der Waals surface area contributed by atoms with Gasteiger partial charge in [-0.3, -0.25) is 0 Å². The van der Waals surface area contributed by atoms with Gasteiger partial charge in [0.2, 0.25) is 0 Å². The molecule has 3 nitrogen and oxygen atoms in total. The minimum Gasteiger partial charge on any atom is -0.396 e. The number of ether oxygens (including phenoxy) is 2. The van der Waals surface area contributed by atoms with Gasteiger partial charge in [-0.1, -0.05) is 23.2 Å². The van der Waals surface area contributed by atoms with Gasteiger partial charge in [0, 0.05) is 0 Å². The molecule has 0 bridgehead atoms. The maximum atomic E-state index is 10.7. The summed E-state index contributed by atoms with van der Waals surface area (Å²) < 4.78 is 4.19. The molecule has 0 aliphatic heterocycles. The van der Waals surface area contributed by atoms with Gasteiger partial charge in [0.05, 0.1) is 5.88 Å². The lowest BCUT2D eigenvalue weighted by Crippen LogP contribution is -2.27. The quantitative estimate of drug-likeness (QED) is 0.574. The van der Waals surface area contributed by atoms with Crippen molar-refractivity contribution in [2.45, 2.75) is 8.50 Å². The van der Waals surface area contributed by atoms with Crippen LogP contribution in [0.2, 0.25) is 0 Å². The lowest BCUT2D eigenvalue weighted by atomic mass is 10.8. The van der Waals surface area contributed by atoms with Crippen LogP contribution < -0.4 is 0 Å². The standard InChI is InChI=1S/C4H2Cl6O3/c5-1-3(6,7)12-2(11)13-4(8,9)10/h1H2. The third-order valence-corrected chi connectivity index (χ3v) is 1.89. The largest absolute Gasteiger partial charge is 0.514 e. The molecule has 78 valence electrons. The second-order valence-electron chi connectivity index (χ2n) is 1.67. The van der Waals surface area contributed by atoms with Gasteiger partial charge in [0.25, 0.3) is 4.52 Å². The normalized spacial score (nSPS) is 12.5. The van der Waals surface area contributed by atoms with E-state index in [1.165, 1.54) is 0 Å². The molecule has 0 atom stereocenters. The molecular formula is C4H2Cl6O3. The van der Waals surface area contributed by atoms with Crippen LogP contribution in [0.3, 0.4) is 0 Å². The zero-order valence-electron chi connectivity index (χ0n) is 5.70. The topological polar surface area (TPSA) is 35.5 Å². The summed E-state index contributed by atoms with van der Waals surface area (Å²) in [5, 5.41) is 0. The summed E-state index contributed by atoms with van der Waals surface area (Å²) in [6, 6.07) is 0. The Kier molecular flexibility index (Phi) is 5.60. The van der Waals surface area contributed by atoms with Crippen molar-refractivity contribution < 1.29 is 14.3 Å². The summed E-state index contributed by atoms with van der Waals surface area (Å²) in [5.41, 5.74) is 0. The van der Waals surface area contributed by atoms with Crippen molar-refractivity contribution in [2.24, 2.45) is 0 Å². The SMILES string of the molecule is O=C(OC(Cl)(Cl)Cl)OC(Cl)(Cl)CCl. The number of carbonyl (C=O) groups excluding carboxylic acids is 1. The van der Waals surface area contributed by atoms with Gasteiger partial charge in [-0.05, 0) is 34.8 Å². The number of carbonyl (C=O) groups is 1. The van der Waals surface area contributed by atoms with Crippen LogP contribution >= 0.6 is 69.6 Å². The molecule has 0 aromatic heterocycles. The summed E-state index contributed by atoms with van der Waals surface area (Å²) in [7, 11) is 0. The van der Waals surface area contributed by atoms with Crippen molar-refractivity contribution in [1.29, 1.82) is 0 Å². The first-order valence-electron chi connectivity index (χ1n) is 2.59. The zero-order valence-corrected chi connectivity index (χ0v) is 10.2. The van der Waals surface area contributed by atoms with E-state index in [-0.39, 0.29) is 5.88 Å². The van der Waals surface area contributed by atoms with Crippen molar-refractivity contribution in [3.8, 4) is 0 Å². The molecule has 9 heteroatoms. The Morgan fingerprint density at radius 1 is 1.08 bits per heavy atom. The molecule has 13 heavy (non-hydrogen) atoms. The van der Waals surface area contributed by atoms with E-state index in [0.717, 1.165) is 0 Å². The number of halogens is 6. The van der Waals surface area contributed by atoms with E-state index in [9.17, 15) is 4.79 Å². The van der Waals surface area contributed by atoms with E-state index >= 15 is 0 Å². The highest BCUT2D eigenvalue weighted by Gasteiger charge is 2.33. The highest BCUT2D eigenvalue weighted by atomic mass is 35.6. The second kappa shape index (κ2) is 5.19. The zero-order chi connectivity index (χ0) is 10.7. The van der Waals surface area contributed by atoms with Gasteiger partial charge in [-0.2, -0.15) is 0 Å². The van der Waals surface area contributed by atoms with Crippen molar-refractivity contribution in [2.75, 3.05) is 5.88 Å². The van der Waals surface area contributed by atoms with Crippen molar-refractivity contribution in [3.63, 3.8) is 0 Å². The summed E-state index contributed by atoms with van der Waals surface area (Å²) in [6.45, 7) is 0. The highest BCUT2D eigenvalue weighted by molar-refractivity contribution is 6.66. The fourth-order valence-corrected chi connectivity index (χ4v) is 0.634. The van der Waals surface area contributed by atoms with Crippen molar-refractivity contribution in [3.05, 3.63) is 0 Å². The van der Waals surface area contributed by atoms with Crippen LogP contribution in [-0.4, -0.2) is 20.5 Å². The van der Waals surface area contributed by atoms with Gasteiger partial charge in [0.15, 0.2) is 0 Å². The second-order valence-corrected chi connectivity index (χ2v) is 5.53. The molecule has 0 aliphatic carbocycles. The van der Waals surface area contributed by atoms with Crippen LogP contribution in [-0.2, 0) is 9.47 Å². The molecule has 0 radical (unpaired) electrons. The first kappa shape index (κ1) is 14.0. The summed E-state index contributed by atoms with van der Waals surface area (Å²) >= 11 is 31.1. The smallest absolute Gasteiger partial charge is 0.396 e. The Hall–Kier alpha value is 1.01. The van der Waals surface area contributed by atoms with Gasteiger partial charge < -0.3 is 9.47 Å². The molecule has 0 saturated heterocycles. The average molecular weight is 311 g/mol. The third kappa shape index (κ3) is 8.03. The van der Waals surface area contributed by atoms with Gasteiger partial charge in [0.1, 0.15) is 0 Å². The summed E-state index contributed by atoms with van der Waals surface area (Å²) in [6.07, 6.45) is -1.34. The highest BCUT2D eigenvalue weighted by Crippen LogP contribution is 2.30. The molecule has 0 spiro atoms. The van der Waals surface area contributed by atoms with Crippen LogP contribution in [0.5, 0.6) is 0 Å². The molecule has 0 aromatic rings. The average Bonchev–Trinajstić information content (AvgIpc) is 1.81. The third-order valence-electron chi connectivity index (χ3n) is 0.587. The van der Waals surface area contributed by atoms with Gasteiger partial charge >= 0.3 is 10.1 Å². The fraction of sp³-hybridized carbons (Fsp3) is 0.750. The Bertz CT molecular complexity index is 187. The van der Waals surface area contributed by atoms with E-state index in [4.69, 9.17) is 69.6 Å². The first-order chi connectivity index (χ1) is 5.66. The van der Waals surface area contributed by atoms with E-state index in [2.05, 4.69) is 9.47 Å². The lowest BCUT2D eigenvalue weighted by Gasteiger charge is -2.18. The molecule has 0 amide bonds. The lowest BCUT2D eigenvalue weighted by molar-refractivity contribution is 0.0378. The van der Waals surface area contributed by atoms with E-state index in [0.29, 0.717) is 0 Å². The minimum atomic E-state index is -2.23. The van der Waals surface area contributed by atoms with Gasteiger partial charge in [-0.15, -0.1) is 11.6 Å². The minimum absolute atomic E-state index is 0.356. The van der Waals surface area contributed by atoms with Crippen LogP contribution in [0.4, 0.5) is 4.79 Å². The number of hydrogen-bond acceptors (Lipinski definition) is 3. The number of rotatable bonds is 2. The van der Waals surface area contributed by atoms with E-state index < -0.39 is 14.7 Å². The van der Waals surface area contributed by atoms with Gasteiger partial charge in [-0.25, -0.2) is 4.79 Å². The Morgan fingerprint density at radius 3 is 1.85 bits per heavy atom. The molecule has 0 saturated carbocycles. The number of alkyl halides is 6. The molecular weight excluding hydrogens is 309 g/mol. The van der Waals surface area contributed by atoms with Crippen LogP contribution in [0.15, 0.2) is 0 Å². The predicted octanol–water partition coefficient (Wildman–Crippen LogP) is 3.84. The Labute approximate surface area is 104 Å². The molecule has 0 aromatic carbocycles. The van der Waals surface area contributed by atoms with Crippen LogP contribution in [0.1, 0.15) is 0 Å². The maximum absolute atomic E-state index is 10.7. The molecule has 0 aliphatic rings. The fourth-order valence-electron chi connectivity index (χ4n) is 0.265. The predicted molar refractivity (Wildman–Crippen MR) is 53.0 cm³/mol. The number of hydrogen-bond donors (Lipinski definition) is 0. The van der Waals surface area contributed by atoms with Crippen LogP contribution in [0, 0.1) is 0 Å². The summed E-state index contributed by atoms with van der Waals surface area (Å²) in [5.74, 6) is -0.356. The Balaban J connectivity index is 4.03. The molecule has 0 unspecified atom stereocenters. The monoisotopic (exact) mass is 308 g/mol. The molecule has 0 heterocycles. The Morgan fingerprint density at radius 2 is 1.54 bits per heavy atom.